The molecule has 116 valence electrons. The van der Waals surface area contributed by atoms with Crippen molar-refractivity contribution in [3.63, 3.8) is 0 Å². The minimum absolute atomic E-state index is 0.664. The van der Waals surface area contributed by atoms with Crippen molar-refractivity contribution in [2.24, 2.45) is 0 Å². The molecule has 1 aromatic carbocycles. The monoisotopic (exact) mass is 289 g/mol. The van der Waals surface area contributed by atoms with Crippen LogP contribution in [0.15, 0.2) is 18.2 Å². The fourth-order valence-corrected chi connectivity index (χ4v) is 3.44. The molecule has 1 aromatic rings. The van der Waals surface area contributed by atoms with Crippen molar-refractivity contribution in [1.82, 2.24) is 4.90 Å². The van der Waals surface area contributed by atoms with Crippen LogP contribution in [0.25, 0.3) is 0 Å². The van der Waals surface area contributed by atoms with Gasteiger partial charge in [-0.05, 0) is 43.5 Å². The summed E-state index contributed by atoms with van der Waals surface area (Å²) in [5, 5.41) is 0. The van der Waals surface area contributed by atoms with Crippen molar-refractivity contribution >= 4 is 0 Å². The summed E-state index contributed by atoms with van der Waals surface area (Å²) in [7, 11) is 0. The van der Waals surface area contributed by atoms with Gasteiger partial charge >= 0.3 is 0 Å². The number of fused-ring (bicyclic) bond motifs is 1. The molecule has 2 aliphatic rings. The molecule has 0 atom stereocenters. The average Bonchev–Trinajstić information content (AvgIpc) is 3.05. The molecule has 1 aliphatic heterocycles. The summed E-state index contributed by atoms with van der Waals surface area (Å²) < 4.78 is 11.3. The van der Waals surface area contributed by atoms with Gasteiger partial charge in [0.25, 0.3) is 0 Å². The van der Waals surface area contributed by atoms with Crippen LogP contribution in [0, 0.1) is 0 Å². The maximum Gasteiger partial charge on any atom is 0.161 e. The molecule has 1 heterocycles. The normalized spacial score (nSPS) is 18.4. The molecule has 0 amide bonds. The molecule has 0 bridgehead atoms. The lowest BCUT2D eigenvalue weighted by atomic mass is 10.1. The third kappa shape index (κ3) is 3.70. The van der Waals surface area contributed by atoms with E-state index in [1.54, 1.807) is 0 Å². The van der Waals surface area contributed by atoms with Crippen LogP contribution in [-0.4, -0.2) is 30.7 Å². The van der Waals surface area contributed by atoms with Gasteiger partial charge in [0.15, 0.2) is 11.5 Å². The summed E-state index contributed by atoms with van der Waals surface area (Å²) in [6.45, 7) is 5.86. The molecule has 0 saturated heterocycles. The molecule has 21 heavy (non-hydrogen) atoms. The van der Waals surface area contributed by atoms with Crippen LogP contribution in [0.2, 0.25) is 0 Å². The van der Waals surface area contributed by atoms with Gasteiger partial charge in [-0.25, -0.2) is 0 Å². The molecule has 0 N–H and O–H groups in total. The second-order valence-electron chi connectivity index (χ2n) is 6.24. The van der Waals surface area contributed by atoms with E-state index in [1.165, 1.54) is 50.6 Å². The maximum absolute atomic E-state index is 5.71. The van der Waals surface area contributed by atoms with Crippen molar-refractivity contribution in [3.8, 4) is 11.5 Å². The van der Waals surface area contributed by atoms with Gasteiger partial charge in [0.05, 0.1) is 0 Å². The van der Waals surface area contributed by atoms with Gasteiger partial charge in [-0.1, -0.05) is 32.3 Å². The fraction of sp³-hybridized carbons (Fsp3) is 0.667. The summed E-state index contributed by atoms with van der Waals surface area (Å²) in [5.41, 5.74) is 1.35. The highest BCUT2D eigenvalue weighted by molar-refractivity contribution is 5.43. The Kier molecular flexibility index (Phi) is 5.02. The van der Waals surface area contributed by atoms with E-state index >= 15 is 0 Å². The van der Waals surface area contributed by atoms with Gasteiger partial charge in [0, 0.05) is 12.6 Å². The molecule has 1 saturated carbocycles. The second-order valence-corrected chi connectivity index (χ2v) is 6.24. The summed E-state index contributed by atoms with van der Waals surface area (Å²) in [4.78, 5) is 2.68. The second kappa shape index (κ2) is 7.17. The summed E-state index contributed by atoms with van der Waals surface area (Å²) >= 11 is 0. The van der Waals surface area contributed by atoms with Gasteiger partial charge in [-0.15, -0.1) is 0 Å². The lowest BCUT2D eigenvalue weighted by Crippen LogP contribution is -2.33. The molecule has 0 aromatic heterocycles. The van der Waals surface area contributed by atoms with E-state index in [2.05, 4.69) is 30.0 Å². The Morgan fingerprint density at radius 2 is 1.86 bits per heavy atom. The largest absolute Gasteiger partial charge is 0.486 e. The van der Waals surface area contributed by atoms with Crippen molar-refractivity contribution in [1.29, 1.82) is 0 Å². The Hall–Kier alpha value is -1.22. The van der Waals surface area contributed by atoms with E-state index in [1.807, 2.05) is 0 Å². The molecule has 0 unspecified atom stereocenters. The molecular formula is C18H27NO2. The first-order valence-corrected chi connectivity index (χ1v) is 8.49. The van der Waals surface area contributed by atoms with E-state index in [-0.39, 0.29) is 0 Å². The van der Waals surface area contributed by atoms with Crippen molar-refractivity contribution in [3.05, 3.63) is 23.8 Å². The molecule has 3 rings (SSSR count). The Bertz CT molecular complexity index is 455. The standard InChI is InChI=1S/C18H27NO2/c1-2-3-10-19(16-6-4-5-7-16)14-15-8-9-17-18(13-15)21-12-11-20-17/h8-9,13,16H,2-7,10-12,14H2,1H3. The van der Waals surface area contributed by atoms with E-state index in [4.69, 9.17) is 9.47 Å². The van der Waals surface area contributed by atoms with Gasteiger partial charge in [0.2, 0.25) is 0 Å². The highest BCUT2D eigenvalue weighted by Gasteiger charge is 2.22. The summed E-state index contributed by atoms with van der Waals surface area (Å²) in [5.74, 6) is 1.81. The zero-order valence-electron chi connectivity index (χ0n) is 13.1. The first-order chi connectivity index (χ1) is 10.4. The molecular weight excluding hydrogens is 262 g/mol. The quantitative estimate of drug-likeness (QED) is 0.790. The SMILES string of the molecule is CCCCN(Cc1ccc2c(c1)OCCO2)C1CCCC1. The molecule has 3 heteroatoms. The fourth-order valence-electron chi connectivity index (χ4n) is 3.44. The molecule has 0 radical (unpaired) electrons. The van der Waals surface area contributed by atoms with E-state index in [9.17, 15) is 0 Å². The predicted octanol–water partition coefficient (Wildman–Crippen LogP) is 4.00. The van der Waals surface area contributed by atoms with Crippen LogP contribution in [0.1, 0.15) is 51.0 Å². The van der Waals surface area contributed by atoms with Gasteiger partial charge < -0.3 is 9.47 Å². The van der Waals surface area contributed by atoms with Gasteiger partial charge in [0.1, 0.15) is 13.2 Å². The van der Waals surface area contributed by atoms with Crippen LogP contribution in [0.4, 0.5) is 0 Å². The Morgan fingerprint density at radius 3 is 2.62 bits per heavy atom. The highest BCUT2D eigenvalue weighted by Crippen LogP contribution is 2.32. The Morgan fingerprint density at radius 1 is 1.10 bits per heavy atom. The minimum Gasteiger partial charge on any atom is -0.486 e. The Balaban J connectivity index is 1.69. The number of nitrogens with zero attached hydrogens (tertiary/aromatic N) is 1. The van der Waals surface area contributed by atoms with Gasteiger partial charge in [-0.2, -0.15) is 0 Å². The topological polar surface area (TPSA) is 21.7 Å². The van der Waals surface area contributed by atoms with Crippen LogP contribution in [-0.2, 0) is 6.54 Å². The summed E-state index contributed by atoms with van der Waals surface area (Å²) in [6.07, 6.45) is 8.09. The van der Waals surface area contributed by atoms with Crippen molar-refractivity contribution in [2.75, 3.05) is 19.8 Å². The molecule has 3 nitrogen and oxygen atoms in total. The lowest BCUT2D eigenvalue weighted by Gasteiger charge is -2.29. The zero-order chi connectivity index (χ0) is 14.5. The average molecular weight is 289 g/mol. The van der Waals surface area contributed by atoms with E-state index < -0.39 is 0 Å². The van der Waals surface area contributed by atoms with Crippen molar-refractivity contribution < 1.29 is 9.47 Å². The highest BCUT2D eigenvalue weighted by atomic mass is 16.6. The van der Waals surface area contributed by atoms with Crippen molar-refractivity contribution in [2.45, 2.75) is 58.0 Å². The molecule has 0 spiro atoms. The maximum atomic E-state index is 5.71. The molecule has 1 aliphatic carbocycles. The lowest BCUT2D eigenvalue weighted by molar-refractivity contribution is 0.169. The van der Waals surface area contributed by atoms with Crippen LogP contribution in [0.5, 0.6) is 11.5 Å². The number of ether oxygens (including phenoxy) is 2. The molecule has 1 fully saturated rings. The first kappa shape index (κ1) is 14.7. The van der Waals surface area contributed by atoms with Crippen LogP contribution in [0.3, 0.4) is 0 Å². The number of hydrogen-bond donors (Lipinski definition) is 0. The zero-order valence-corrected chi connectivity index (χ0v) is 13.1. The van der Waals surface area contributed by atoms with E-state index in [0.29, 0.717) is 13.2 Å². The third-order valence-corrected chi connectivity index (χ3v) is 4.63. The number of hydrogen-bond acceptors (Lipinski definition) is 3. The minimum atomic E-state index is 0.664. The van der Waals surface area contributed by atoms with Crippen LogP contribution < -0.4 is 9.47 Å². The number of rotatable bonds is 6. The van der Waals surface area contributed by atoms with E-state index in [0.717, 1.165) is 24.1 Å². The summed E-state index contributed by atoms with van der Waals surface area (Å²) in [6, 6.07) is 7.21. The number of benzene rings is 1. The number of unbranched alkanes of at least 4 members (excludes halogenated alkanes) is 1. The smallest absolute Gasteiger partial charge is 0.161 e. The first-order valence-electron chi connectivity index (χ1n) is 8.49. The van der Waals surface area contributed by atoms with Gasteiger partial charge in [-0.3, -0.25) is 4.90 Å². The predicted molar refractivity (Wildman–Crippen MR) is 85.0 cm³/mol. The van der Waals surface area contributed by atoms with Crippen LogP contribution >= 0.6 is 0 Å². The third-order valence-electron chi connectivity index (χ3n) is 4.63. The Labute approximate surface area is 128 Å².